The molecular weight excluding hydrogens is 208 g/mol. The van der Waals surface area contributed by atoms with Crippen LogP contribution in [0, 0.1) is 5.41 Å². The maximum Gasteiger partial charge on any atom is 0.0730 e. The molecule has 0 aliphatic heterocycles. The van der Waals surface area contributed by atoms with Gasteiger partial charge in [-0.05, 0) is 41.7 Å². The van der Waals surface area contributed by atoms with Crippen LogP contribution in [0.2, 0.25) is 0 Å². The third-order valence-corrected chi connectivity index (χ3v) is 5.56. The summed E-state index contributed by atoms with van der Waals surface area (Å²) in [4.78, 5) is 0. The summed E-state index contributed by atoms with van der Waals surface area (Å²) in [6.07, 6.45) is 2.59. The normalized spacial score (nSPS) is 33.2. The summed E-state index contributed by atoms with van der Waals surface area (Å²) in [5.41, 5.74) is 4.51. The summed E-state index contributed by atoms with van der Waals surface area (Å²) < 4.78 is 0. The van der Waals surface area contributed by atoms with E-state index in [0.717, 1.165) is 5.69 Å². The number of rotatable bonds is 1. The largest absolute Gasteiger partial charge is 0.155 e. The highest BCUT2D eigenvalue weighted by molar-refractivity contribution is 5.45. The lowest BCUT2D eigenvalue weighted by Gasteiger charge is -2.33. The molecule has 0 amide bonds. The molecule has 0 radical (unpaired) electrons. The van der Waals surface area contributed by atoms with E-state index in [-0.39, 0.29) is 5.41 Å². The van der Waals surface area contributed by atoms with Gasteiger partial charge >= 0.3 is 0 Å². The molecule has 0 spiro atoms. The maximum absolute atomic E-state index is 4.58. The average molecular weight is 230 g/mol. The van der Waals surface area contributed by atoms with Crippen molar-refractivity contribution in [3.63, 3.8) is 0 Å². The van der Waals surface area contributed by atoms with Crippen LogP contribution in [-0.4, -0.2) is 10.2 Å². The van der Waals surface area contributed by atoms with E-state index in [4.69, 9.17) is 0 Å². The van der Waals surface area contributed by atoms with Gasteiger partial charge in [-0.15, -0.1) is 0 Å². The second kappa shape index (κ2) is 3.09. The molecule has 2 bridgehead atoms. The van der Waals surface area contributed by atoms with Crippen molar-refractivity contribution in [2.45, 2.75) is 64.7 Å². The Morgan fingerprint density at radius 1 is 1.24 bits per heavy atom. The van der Waals surface area contributed by atoms with E-state index in [1.807, 2.05) is 0 Å². The number of hydrogen-bond donors (Lipinski definition) is 0. The number of aromatic nitrogens is 2. The van der Waals surface area contributed by atoms with Crippen molar-refractivity contribution in [1.29, 1.82) is 0 Å². The number of fused-ring (bicyclic) bond motifs is 5. The summed E-state index contributed by atoms with van der Waals surface area (Å²) in [5.74, 6) is 1.17. The van der Waals surface area contributed by atoms with E-state index in [9.17, 15) is 0 Å². The molecule has 1 fully saturated rings. The van der Waals surface area contributed by atoms with E-state index >= 15 is 0 Å². The number of hydrogen-bond acceptors (Lipinski definition) is 2. The van der Waals surface area contributed by atoms with E-state index in [0.29, 0.717) is 17.3 Å². The molecule has 2 aliphatic carbocycles. The zero-order valence-corrected chi connectivity index (χ0v) is 11.5. The fourth-order valence-electron chi connectivity index (χ4n) is 3.87. The summed E-state index contributed by atoms with van der Waals surface area (Å²) in [6, 6.07) is 2.32. The maximum atomic E-state index is 4.58. The molecule has 3 rings (SSSR count). The predicted octanol–water partition coefficient (Wildman–Crippen LogP) is 3.77. The van der Waals surface area contributed by atoms with Gasteiger partial charge in [0.1, 0.15) is 0 Å². The van der Waals surface area contributed by atoms with Gasteiger partial charge in [0.25, 0.3) is 0 Å². The molecule has 1 heterocycles. The first-order valence-electron chi connectivity index (χ1n) is 6.76. The van der Waals surface area contributed by atoms with Gasteiger partial charge in [0.15, 0.2) is 0 Å². The second-order valence-electron chi connectivity index (χ2n) is 6.87. The minimum atomic E-state index is 0.246. The van der Waals surface area contributed by atoms with Gasteiger partial charge in [-0.1, -0.05) is 34.6 Å². The van der Waals surface area contributed by atoms with Crippen molar-refractivity contribution in [2.75, 3.05) is 0 Å². The van der Waals surface area contributed by atoms with Crippen LogP contribution in [0.5, 0.6) is 0 Å². The minimum Gasteiger partial charge on any atom is -0.155 e. The first-order chi connectivity index (χ1) is 7.88. The van der Waals surface area contributed by atoms with Crippen molar-refractivity contribution in [3.05, 3.63) is 23.0 Å². The fourth-order valence-corrected chi connectivity index (χ4v) is 3.87. The van der Waals surface area contributed by atoms with Crippen LogP contribution in [0.4, 0.5) is 0 Å². The van der Waals surface area contributed by atoms with Crippen molar-refractivity contribution in [2.24, 2.45) is 5.41 Å². The van der Waals surface area contributed by atoms with Gasteiger partial charge in [0.05, 0.1) is 11.4 Å². The molecule has 0 saturated heterocycles. The lowest BCUT2D eigenvalue weighted by Crippen LogP contribution is -2.32. The lowest BCUT2D eigenvalue weighted by molar-refractivity contribution is 0.226. The van der Waals surface area contributed by atoms with Crippen LogP contribution in [0.3, 0.4) is 0 Å². The van der Waals surface area contributed by atoms with Gasteiger partial charge in [0.2, 0.25) is 0 Å². The standard InChI is InChI=1S/C15H22N2/c1-9(2)12-8-10-11-6-7-15(5,14(11,3)4)13(10)17-16-12/h8-9,11H,6-7H2,1-5H3/t11-,15+/m0/s1. The van der Waals surface area contributed by atoms with Crippen molar-refractivity contribution in [3.8, 4) is 0 Å². The zero-order chi connectivity index (χ0) is 12.4. The van der Waals surface area contributed by atoms with E-state index in [1.165, 1.54) is 24.1 Å². The molecule has 2 aliphatic rings. The molecule has 92 valence electrons. The Kier molecular flexibility index (Phi) is 2.04. The van der Waals surface area contributed by atoms with Crippen LogP contribution in [-0.2, 0) is 5.41 Å². The Morgan fingerprint density at radius 2 is 1.94 bits per heavy atom. The molecule has 2 heteroatoms. The molecule has 1 aromatic rings. The fraction of sp³-hybridized carbons (Fsp3) is 0.733. The van der Waals surface area contributed by atoms with Crippen molar-refractivity contribution >= 4 is 0 Å². The molecule has 2 nitrogen and oxygen atoms in total. The third kappa shape index (κ3) is 1.16. The molecule has 17 heavy (non-hydrogen) atoms. The minimum absolute atomic E-state index is 0.246. The Labute approximate surface area is 104 Å². The molecule has 0 aromatic carbocycles. The van der Waals surface area contributed by atoms with E-state index in [2.05, 4.69) is 50.9 Å². The predicted molar refractivity (Wildman–Crippen MR) is 69.2 cm³/mol. The van der Waals surface area contributed by atoms with Crippen molar-refractivity contribution < 1.29 is 0 Å². The summed E-state index contributed by atoms with van der Waals surface area (Å²) in [7, 11) is 0. The second-order valence-corrected chi connectivity index (χ2v) is 6.87. The Balaban J connectivity index is 2.19. The quantitative estimate of drug-likeness (QED) is 0.734. The first kappa shape index (κ1) is 11.2. The summed E-state index contributed by atoms with van der Waals surface area (Å²) in [6.45, 7) is 11.6. The van der Waals surface area contributed by atoms with Crippen LogP contribution in [0.1, 0.15) is 76.2 Å². The van der Waals surface area contributed by atoms with Crippen LogP contribution in [0.15, 0.2) is 6.07 Å². The molecule has 1 aromatic heterocycles. The molecule has 0 N–H and O–H groups in total. The Bertz CT molecular complexity index is 476. The van der Waals surface area contributed by atoms with Gasteiger partial charge < -0.3 is 0 Å². The Hall–Kier alpha value is -0.920. The molecule has 1 saturated carbocycles. The van der Waals surface area contributed by atoms with Gasteiger partial charge in [-0.3, -0.25) is 0 Å². The highest BCUT2D eigenvalue weighted by Gasteiger charge is 2.60. The summed E-state index contributed by atoms with van der Waals surface area (Å²) >= 11 is 0. The SMILES string of the molecule is CC(C)c1cc2c(nn1)[C@@]1(C)CC[C@@H]2C1(C)C. The zero-order valence-electron chi connectivity index (χ0n) is 11.5. The highest BCUT2D eigenvalue weighted by Crippen LogP contribution is 2.67. The molecular formula is C15H22N2. The smallest absolute Gasteiger partial charge is 0.0730 e. The highest BCUT2D eigenvalue weighted by atomic mass is 15.1. The van der Waals surface area contributed by atoms with Gasteiger partial charge in [-0.25, -0.2) is 0 Å². The molecule has 2 atom stereocenters. The number of nitrogens with zero attached hydrogens (tertiary/aromatic N) is 2. The van der Waals surface area contributed by atoms with Gasteiger partial charge in [0, 0.05) is 5.41 Å². The average Bonchev–Trinajstić information content (AvgIpc) is 2.59. The van der Waals surface area contributed by atoms with Crippen LogP contribution >= 0.6 is 0 Å². The van der Waals surface area contributed by atoms with E-state index in [1.54, 1.807) is 0 Å². The van der Waals surface area contributed by atoms with Crippen LogP contribution < -0.4 is 0 Å². The lowest BCUT2D eigenvalue weighted by atomic mass is 9.70. The molecule has 0 unspecified atom stereocenters. The van der Waals surface area contributed by atoms with Crippen molar-refractivity contribution in [1.82, 2.24) is 10.2 Å². The topological polar surface area (TPSA) is 25.8 Å². The first-order valence-corrected chi connectivity index (χ1v) is 6.76. The monoisotopic (exact) mass is 230 g/mol. The summed E-state index contributed by atoms with van der Waals surface area (Å²) in [5, 5.41) is 9.01. The Morgan fingerprint density at radius 3 is 2.59 bits per heavy atom. The van der Waals surface area contributed by atoms with Crippen LogP contribution in [0.25, 0.3) is 0 Å². The van der Waals surface area contributed by atoms with E-state index < -0.39 is 0 Å². The third-order valence-electron chi connectivity index (χ3n) is 5.56. The van der Waals surface area contributed by atoms with Gasteiger partial charge in [-0.2, -0.15) is 10.2 Å².